The van der Waals surface area contributed by atoms with Crippen LogP contribution < -0.4 is 25.9 Å². The summed E-state index contributed by atoms with van der Waals surface area (Å²) >= 11 is 1.16. The van der Waals surface area contributed by atoms with Crippen LogP contribution in [0.2, 0.25) is 0 Å². The van der Waals surface area contributed by atoms with Crippen LogP contribution in [0.25, 0.3) is 11.2 Å². The summed E-state index contributed by atoms with van der Waals surface area (Å²) in [5, 5.41) is 2.63. The van der Waals surface area contributed by atoms with E-state index < -0.39 is 6.72 Å². The number of para-hydroxylation sites is 2. The maximum absolute atomic E-state index is 12.5. The summed E-state index contributed by atoms with van der Waals surface area (Å²) < 4.78 is 34.3. The van der Waals surface area contributed by atoms with E-state index in [4.69, 9.17) is 24.5 Å². The smallest absolute Gasteiger partial charge is 0.326 e. The molecule has 3 aromatic rings. The first kappa shape index (κ1) is 36.0. The average molecular weight is 639 g/mol. The number of aldehydes is 1. The summed E-state index contributed by atoms with van der Waals surface area (Å²) in [7, 11) is 3.05. The molecule has 5 rings (SSSR count). The Bertz CT molecular complexity index is 1410. The highest BCUT2D eigenvalue weighted by atomic mass is 32.7. The molecule has 1 aromatic carbocycles. The summed E-state index contributed by atoms with van der Waals surface area (Å²) in [5.74, 6) is 2.37. The highest BCUT2D eigenvalue weighted by Gasteiger charge is 2.34. The van der Waals surface area contributed by atoms with E-state index in [1.54, 1.807) is 13.4 Å². The quantitative estimate of drug-likeness (QED) is 0.163. The van der Waals surface area contributed by atoms with Gasteiger partial charge >= 0.3 is 6.72 Å². The number of nitrogen functional groups attached to an aromatic ring is 1. The third-order valence-electron chi connectivity index (χ3n) is 6.33. The Morgan fingerprint density at radius 1 is 1.26 bits per heavy atom. The van der Waals surface area contributed by atoms with Crippen molar-refractivity contribution in [2.75, 3.05) is 39.0 Å². The van der Waals surface area contributed by atoms with Gasteiger partial charge in [0.2, 0.25) is 12.7 Å². The van der Waals surface area contributed by atoms with Gasteiger partial charge in [0, 0.05) is 20.0 Å². The Morgan fingerprint density at radius 2 is 1.88 bits per heavy atom. The third kappa shape index (κ3) is 10.2. The van der Waals surface area contributed by atoms with E-state index in [1.807, 2.05) is 56.5 Å². The molecule has 43 heavy (non-hydrogen) atoms. The van der Waals surface area contributed by atoms with Gasteiger partial charge in [-0.1, -0.05) is 49.5 Å². The molecule has 3 atom stereocenters. The van der Waals surface area contributed by atoms with Gasteiger partial charge in [-0.15, -0.1) is 0 Å². The minimum Gasteiger partial charge on any atom is -0.454 e. The number of nitrogens with one attached hydrogen (secondary N) is 2. The Hall–Kier alpha value is -3.16. The summed E-state index contributed by atoms with van der Waals surface area (Å²) in [6.07, 6.45) is 4.23. The molecule has 2 aromatic heterocycles. The van der Waals surface area contributed by atoms with E-state index >= 15 is 0 Å². The van der Waals surface area contributed by atoms with Crippen molar-refractivity contribution in [2.24, 2.45) is 5.92 Å². The van der Waals surface area contributed by atoms with Crippen LogP contribution in [-0.2, 0) is 18.6 Å². The van der Waals surface area contributed by atoms with Crippen molar-refractivity contribution >= 4 is 41.5 Å². The van der Waals surface area contributed by atoms with Crippen molar-refractivity contribution < 1.29 is 28.1 Å². The second-order valence-electron chi connectivity index (χ2n) is 9.28. The Kier molecular flexibility index (Phi) is 14.9. The Labute approximate surface area is 256 Å². The fraction of sp³-hybridized carbons (Fsp3) is 0.500. The number of carbonyl (C=O) groups excluding carboxylic acids is 1. The third-order valence-corrected chi connectivity index (χ3v) is 10.6. The van der Waals surface area contributed by atoms with Crippen LogP contribution in [0, 0.1) is 5.92 Å². The van der Waals surface area contributed by atoms with E-state index in [9.17, 15) is 14.2 Å². The molecule has 3 heterocycles. The molecule has 0 bridgehead atoms. The van der Waals surface area contributed by atoms with Gasteiger partial charge in [-0.3, -0.25) is 14.3 Å². The average Bonchev–Trinajstić information content (AvgIpc) is 3.75. The predicted octanol–water partition coefficient (Wildman–Crippen LogP) is 4.97. The fourth-order valence-electron chi connectivity index (χ4n) is 4.03. The van der Waals surface area contributed by atoms with Gasteiger partial charge < -0.3 is 33.8 Å². The molecule has 15 heteroatoms. The molecule has 0 spiro atoms. The van der Waals surface area contributed by atoms with Gasteiger partial charge in [0.05, 0.1) is 25.0 Å². The summed E-state index contributed by atoms with van der Waals surface area (Å²) in [6, 6.07) is 7.56. The minimum atomic E-state index is -3.13. The van der Waals surface area contributed by atoms with Gasteiger partial charge in [0.25, 0.3) is 5.56 Å². The number of fused-ring (bicyclic) bond motifs is 2. The molecule has 1 aliphatic carbocycles. The highest BCUT2D eigenvalue weighted by Crippen LogP contribution is 2.57. The SMILES string of the molecule is C=C1C(CSP(=O)(NCC=O)OC)CCC1n1cnc2c(=O)[nH]c(N)nc21.CC.COC(C)C.c1ccc2c(c1)OCO2. The number of rotatable bonds is 9. The minimum absolute atomic E-state index is 0.0327. The van der Waals surface area contributed by atoms with Crippen molar-refractivity contribution in [3.8, 4) is 11.5 Å². The number of imidazole rings is 1. The second-order valence-corrected chi connectivity index (χ2v) is 13.8. The van der Waals surface area contributed by atoms with Crippen molar-refractivity contribution in [2.45, 2.75) is 52.7 Å². The Morgan fingerprint density at radius 3 is 2.44 bits per heavy atom. The molecule has 2 aliphatic rings. The fourth-order valence-corrected chi connectivity index (χ4v) is 7.35. The Balaban J connectivity index is 0.000000328. The zero-order valence-electron chi connectivity index (χ0n) is 25.6. The predicted molar refractivity (Wildman–Crippen MR) is 171 cm³/mol. The number of aromatic amines is 1. The number of allylic oxidation sites excluding steroid dienone is 1. The number of carbonyl (C=O) groups is 1. The lowest BCUT2D eigenvalue weighted by atomic mass is 10.1. The van der Waals surface area contributed by atoms with Crippen molar-refractivity contribution in [1.82, 2.24) is 24.6 Å². The zero-order chi connectivity index (χ0) is 32.0. The second kappa shape index (κ2) is 17.8. The normalized spacial score (nSPS) is 18.1. The largest absolute Gasteiger partial charge is 0.454 e. The van der Waals surface area contributed by atoms with Crippen LogP contribution in [0.3, 0.4) is 0 Å². The van der Waals surface area contributed by atoms with Crippen LogP contribution in [0.1, 0.15) is 46.6 Å². The maximum atomic E-state index is 12.5. The van der Waals surface area contributed by atoms with Gasteiger partial charge in [-0.2, -0.15) is 4.98 Å². The molecule has 13 nitrogen and oxygen atoms in total. The first-order valence-corrected chi connectivity index (χ1v) is 17.1. The van der Waals surface area contributed by atoms with E-state index in [1.165, 1.54) is 7.11 Å². The van der Waals surface area contributed by atoms with E-state index in [-0.39, 0.29) is 35.5 Å². The number of H-pyrrole nitrogens is 1. The van der Waals surface area contributed by atoms with Gasteiger partial charge in [0.15, 0.2) is 22.7 Å². The van der Waals surface area contributed by atoms with Crippen LogP contribution in [0.5, 0.6) is 11.5 Å². The van der Waals surface area contributed by atoms with Gasteiger partial charge in [-0.25, -0.2) is 10.1 Å². The molecule has 1 saturated carbocycles. The maximum Gasteiger partial charge on any atom is 0.326 e. The zero-order valence-corrected chi connectivity index (χ0v) is 27.3. The lowest BCUT2D eigenvalue weighted by molar-refractivity contribution is -0.106. The number of nitrogens with zero attached hydrogens (tertiary/aromatic N) is 3. The number of benzene rings is 1. The molecule has 0 radical (unpaired) electrons. The number of nitrogens with two attached hydrogens (primary N) is 1. The van der Waals surface area contributed by atoms with Gasteiger partial charge in [-0.05, 0) is 44.7 Å². The topological polar surface area (TPSA) is 173 Å². The number of ether oxygens (including phenoxy) is 3. The standard InChI is InChI=1S/C15H21N6O4PS.C7H6O2.C4H10O.C2H6/c1-9-10(7-27-26(24,25-2)18-5-6-22)3-4-11(9)21-8-17-12-13(21)19-15(16)20-14(12)23;1-2-4-7-6(3-1)8-5-9-7;1-4(2)5-3;1-2/h6,8,10-11H,1,3-5,7H2,2H3,(H,18,24)(H3,16,19,20,23);1-4H,5H2;4H,1-3H3;1-2H3. The summed E-state index contributed by atoms with van der Waals surface area (Å²) in [5.41, 5.74) is 6.87. The summed E-state index contributed by atoms with van der Waals surface area (Å²) in [6.45, 7) is 9.40. The van der Waals surface area contributed by atoms with Crippen LogP contribution in [0.4, 0.5) is 5.95 Å². The van der Waals surface area contributed by atoms with Crippen LogP contribution in [-0.4, -0.2) is 65.2 Å². The molecule has 1 fully saturated rings. The molecule has 1 aliphatic heterocycles. The van der Waals surface area contributed by atoms with Crippen molar-refractivity contribution in [3.63, 3.8) is 0 Å². The van der Waals surface area contributed by atoms with Crippen LogP contribution >= 0.6 is 18.1 Å². The van der Waals surface area contributed by atoms with Crippen LogP contribution in [0.15, 0.2) is 47.5 Å². The lowest BCUT2D eigenvalue weighted by Crippen LogP contribution is -2.15. The van der Waals surface area contributed by atoms with E-state index in [0.717, 1.165) is 41.3 Å². The highest BCUT2D eigenvalue weighted by molar-refractivity contribution is 8.56. The molecule has 3 unspecified atom stereocenters. The molecular formula is C28H43N6O7PS. The number of hydrogen-bond acceptors (Lipinski definition) is 11. The van der Waals surface area contributed by atoms with Crippen molar-refractivity contribution in [1.29, 1.82) is 0 Å². The number of aromatic nitrogens is 4. The summed E-state index contributed by atoms with van der Waals surface area (Å²) in [4.78, 5) is 33.2. The number of methoxy groups -OCH3 is 1. The lowest BCUT2D eigenvalue weighted by Gasteiger charge is -2.20. The monoisotopic (exact) mass is 638 g/mol. The molecule has 238 valence electrons. The first-order chi connectivity index (χ1) is 20.6. The number of hydrogen-bond donors (Lipinski definition) is 3. The first-order valence-electron chi connectivity index (χ1n) is 13.9. The molecule has 0 saturated heterocycles. The molecular weight excluding hydrogens is 595 g/mol. The van der Waals surface area contributed by atoms with Gasteiger partial charge in [0.1, 0.15) is 6.29 Å². The van der Waals surface area contributed by atoms with E-state index in [2.05, 4.69) is 26.6 Å². The molecule has 4 N–H and O–H groups in total. The van der Waals surface area contributed by atoms with E-state index in [0.29, 0.717) is 30.6 Å². The van der Waals surface area contributed by atoms with Crippen molar-refractivity contribution in [3.05, 3.63) is 53.1 Å². The number of anilines is 1. The molecule has 0 amide bonds.